The second-order valence-electron chi connectivity index (χ2n) is 7.34. The second kappa shape index (κ2) is 14.2. The molecule has 0 saturated carbocycles. The van der Waals surface area contributed by atoms with Crippen molar-refractivity contribution in [3.05, 3.63) is 35.4 Å². The van der Waals surface area contributed by atoms with Crippen molar-refractivity contribution in [1.82, 2.24) is 10.6 Å². The summed E-state index contributed by atoms with van der Waals surface area (Å²) in [5.74, 6) is 1.69. The molecule has 2 N–H and O–H groups in total. The van der Waals surface area contributed by atoms with Crippen LogP contribution in [0.1, 0.15) is 57.1 Å². The van der Waals surface area contributed by atoms with Crippen LogP contribution in [0, 0.1) is 5.92 Å². The number of aliphatic imine (C=N–C) groups is 1. The van der Waals surface area contributed by atoms with Gasteiger partial charge in [0.05, 0.1) is 5.75 Å². The normalized spacial score (nSPS) is 12.0. The Bertz CT molecular complexity index is 644. The molecule has 27 heavy (non-hydrogen) atoms. The van der Waals surface area contributed by atoms with Crippen LogP contribution in [0.3, 0.4) is 0 Å². The minimum Gasteiger partial charge on any atom is -0.356 e. The Hall–Kier alpha value is -0.830. The molecule has 0 fully saturated rings. The Kier molecular flexibility index (Phi) is 13.8. The number of unbranched alkanes of at least 4 members (excludes halogenated alkanes) is 3. The molecule has 0 aliphatic rings. The number of hydrogen-bond donors (Lipinski definition) is 2. The summed E-state index contributed by atoms with van der Waals surface area (Å²) in [5.41, 5.74) is 1.91. The van der Waals surface area contributed by atoms with Crippen molar-refractivity contribution < 1.29 is 8.42 Å². The number of guanidine groups is 1. The fraction of sp³-hybridized carbons (Fsp3) is 0.650. The van der Waals surface area contributed by atoms with Crippen molar-refractivity contribution in [2.24, 2.45) is 10.9 Å². The Morgan fingerprint density at radius 2 is 1.59 bits per heavy atom. The molecule has 0 aliphatic heterocycles. The van der Waals surface area contributed by atoms with E-state index in [9.17, 15) is 8.42 Å². The molecule has 1 aromatic carbocycles. The first-order chi connectivity index (χ1) is 12.3. The lowest BCUT2D eigenvalue weighted by Crippen LogP contribution is -2.37. The largest absolute Gasteiger partial charge is 0.356 e. The van der Waals surface area contributed by atoms with Crippen LogP contribution < -0.4 is 10.6 Å². The first kappa shape index (κ1) is 26.2. The molecule has 156 valence electrons. The summed E-state index contributed by atoms with van der Waals surface area (Å²) in [5, 5.41) is 6.63. The van der Waals surface area contributed by atoms with Crippen molar-refractivity contribution in [2.45, 2.75) is 58.2 Å². The van der Waals surface area contributed by atoms with E-state index in [2.05, 4.69) is 29.5 Å². The Labute approximate surface area is 182 Å². The number of benzene rings is 1. The van der Waals surface area contributed by atoms with Gasteiger partial charge in [0.25, 0.3) is 0 Å². The van der Waals surface area contributed by atoms with E-state index in [1.54, 1.807) is 7.05 Å². The molecule has 1 aromatic rings. The van der Waals surface area contributed by atoms with Crippen molar-refractivity contribution >= 4 is 39.8 Å². The molecule has 0 atom stereocenters. The van der Waals surface area contributed by atoms with Crippen LogP contribution in [-0.4, -0.2) is 34.2 Å². The fourth-order valence-electron chi connectivity index (χ4n) is 2.70. The molecule has 0 aliphatic carbocycles. The molecular formula is C20H36IN3O2S. The van der Waals surface area contributed by atoms with Gasteiger partial charge < -0.3 is 10.6 Å². The molecule has 0 saturated heterocycles. The van der Waals surface area contributed by atoms with Crippen LogP contribution in [0.5, 0.6) is 0 Å². The number of nitrogens with one attached hydrogen (secondary N) is 2. The topological polar surface area (TPSA) is 70.6 Å². The minimum absolute atomic E-state index is 0. The lowest BCUT2D eigenvalue weighted by atomic mass is 10.0. The van der Waals surface area contributed by atoms with E-state index in [-0.39, 0.29) is 29.7 Å². The van der Waals surface area contributed by atoms with Gasteiger partial charge in [-0.1, -0.05) is 63.8 Å². The van der Waals surface area contributed by atoms with E-state index in [0.717, 1.165) is 36.0 Å². The number of nitrogens with zero attached hydrogens (tertiary/aromatic N) is 1. The molecule has 1 rings (SSSR count). The average molecular weight is 509 g/mol. The Balaban J connectivity index is 0.00000676. The highest BCUT2D eigenvalue weighted by molar-refractivity contribution is 14.0. The van der Waals surface area contributed by atoms with Crippen LogP contribution in [0.4, 0.5) is 0 Å². The summed E-state index contributed by atoms with van der Waals surface area (Å²) in [6.07, 6.45) is 7.59. The molecule has 0 aromatic heterocycles. The first-order valence-corrected chi connectivity index (χ1v) is 11.6. The van der Waals surface area contributed by atoms with Crippen LogP contribution in [0.25, 0.3) is 0 Å². The number of hydrogen-bond acceptors (Lipinski definition) is 3. The van der Waals surface area contributed by atoms with Gasteiger partial charge >= 0.3 is 0 Å². The molecular weight excluding hydrogens is 473 g/mol. The first-order valence-electron chi connectivity index (χ1n) is 9.50. The predicted molar refractivity (Wildman–Crippen MR) is 127 cm³/mol. The third-order valence-electron chi connectivity index (χ3n) is 4.14. The van der Waals surface area contributed by atoms with Crippen LogP contribution >= 0.6 is 24.0 Å². The monoisotopic (exact) mass is 509 g/mol. The molecule has 0 radical (unpaired) electrons. The lowest BCUT2D eigenvalue weighted by molar-refractivity contribution is 0.518. The van der Waals surface area contributed by atoms with Gasteiger partial charge in [-0.15, -0.1) is 24.0 Å². The number of sulfone groups is 1. The van der Waals surface area contributed by atoms with Crippen LogP contribution in [0.15, 0.2) is 29.3 Å². The second-order valence-corrected chi connectivity index (χ2v) is 9.48. The van der Waals surface area contributed by atoms with Crippen molar-refractivity contribution in [3.8, 4) is 0 Å². The molecule has 5 nitrogen and oxygen atoms in total. The van der Waals surface area contributed by atoms with Gasteiger partial charge in [0.2, 0.25) is 0 Å². The van der Waals surface area contributed by atoms with Crippen molar-refractivity contribution in [1.29, 1.82) is 0 Å². The van der Waals surface area contributed by atoms with Gasteiger partial charge in [-0.25, -0.2) is 8.42 Å². The smallest absolute Gasteiger partial charge is 0.191 e. The molecule has 0 heterocycles. The summed E-state index contributed by atoms with van der Waals surface area (Å²) < 4.78 is 22.6. The Morgan fingerprint density at radius 3 is 2.15 bits per heavy atom. The summed E-state index contributed by atoms with van der Waals surface area (Å²) in [6, 6.07) is 7.64. The maximum Gasteiger partial charge on any atom is 0.191 e. The average Bonchev–Trinajstić information content (AvgIpc) is 2.56. The lowest BCUT2D eigenvalue weighted by Gasteiger charge is -2.12. The van der Waals surface area contributed by atoms with Crippen LogP contribution in [0.2, 0.25) is 0 Å². The van der Waals surface area contributed by atoms with E-state index >= 15 is 0 Å². The summed E-state index contributed by atoms with van der Waals surface area (Å²) >= 11 is 0. The van der Waals surface area contributed by atoms with Gasteiger partial charge in [0.15, 0.2) is 15.8 Å². The quantitative estimate of drug-likeness (QED) is 0.204. The highest BCUT2D eigenvalue weighted by Crippen LogP contribution is 2.09. The zero-order valence-electron chi connectivity index (χ0n) is 17.1. The summed E-state index contributed by atoms with van der Waals surface area (Å²) in [7, 11) is -1.22. The standard InChI is InChI=1S/C20H35N3O2S.HI/c1-17(2)9-7-5-6-8-14-22-20(21-3)23-15-18-10-12-19(13-11-18)16-26(4,24)25;/h10-13,17H,5-9,14-16H2,1-4H3,(H2,21,22,23);1H. The minimum atomic E-state index is -2.99. The molecule has 0 amide bonds. The van der Waals surface area contributed by atoms with Gasteiger partial charge in [0.1, 0.15) is 0 Å². The van der Waals surface area contributed by atoms with Crippen molar-refractivity contribution in [3.63, 3.8) is 0 Å². The van der Waals surface area contributed by atoms with E-state index in [1.165, 1.54) is 31.9 Å². The van der Waals surface area contributed by atoms with Gasteiger partial charge in [-0.3, -0.25) is 4.99 Å². The van der Waals surface area contributed by atoms with Crippen LogP contribution in [-0.2, 0) is 22.1 Å². The van der Waals surface area contributed by atoms with Crippen molar-refractivity contribution in [2.75, 3.05) is 19.8 Å². The van der Waals surface area contributed by atoms with Gasteiger partial charge in [-0.2, -0.15) is 0 Å². The number of halogens is 1. The number of rotatable bonds is 11. The van der Waals surface area contributed by atoms with E-state index < -0.39 is 9.84 Å². The van der Waals surface area contributed by atoms with Gasteiger partial charge in [-0.05, 0) is 23.5 Å². The highest BCUT2D eigenvalue weighted by atomic mass is 127. The maximum absolute atomic E-state index is 11.3. The van der Waals surface area contributed by atoms with Gasteiger partial charge in [0, 0.05) is 26.4 Å². The maximum atomic E-state index is 11.3. The third kappa shape index (κ3) is 13.9. The molecule has 7 heteroatoms. The fourth-order valence-corrected chi connectivity index (χ4v) is 3.50. The van der Waals surface area contributed by atoms with E-state index in [1.807, 2.05) is 24.3 Å². The zero-order chi connectivity index (χ0) is 19.4. The third-order valence-corrected chi connectivity index (χ3v) is 4.99. The summed E-state index contributed by atoms with van der Waals surface area (Å²) in [6.45, 7) is 6.13. The van der Waals surface area contributed by atoms with E-state index in [0.29, 0.717) is 6.54 Å². The molecule has 0 bridgehead atoms. The molecule has 0 spiro atoms. The molecule has 0 unspecified atom stereocenters. The SMILES string of the molecule is CN=C(NCCCCCCC(C)C)NCc1ccc(CS(C)(=O)=O)cc1.I. The Morgan fingerprint density at radius 1 is 1.00 bits per heavy atom. The highest BCUT2D eigenvalue weighted by Gasteiger charge is 2.04. The zero-order valence-corrected chi connectivity index (χ0v) is 20.3. The summed E-state index contributed by atoms with van der Waals surface area (Å²) in [4.78, 5) is 4.24. The van der Waals surface area contributed by atoms with E-state index in [4.69, 9.17) is 0 Å². The predicted octanol–water partition coefficient (Wildman–Crippen LogP) is 4.12.